The normalized spacial score (nSPS) is 9.26. The molecule has 100 valence electrons. The van der Waals surface area contributed by atoms with Gasteiger partial charge in [0.15, 0.2) is 18.1 Å². The zero-order valence-corrected chi connectivity index (χ0v) is 10.9. The fraction of sp³-hybridized carbons (Fsp3) is 0.267. The maximum atomic E-state index is 11.4. The zero-order chi connectivity index (χ0) is 14.1. The Bertz CT molecular complexity index is 489. The Morgan fingerprint density at radius 3 is 2.95 bits per heavy atom. The van der Waals surface area contributed by atoms with Gasteiger partial charge in [0.1, 0.15) is 0 Å². The number of hydrogen-bond acceptors (Lipinski definition) is 3. The van der Waals surface area contributed by atoms with Gasteiger partial charge in [-0.1, -0.05) is 18.1 Å². The summed E-state index contributed by atoms with van der Waals surface area (Å²) in [6.45, 7) is 3.77. The van der Waals surface area contributed by atoms with Crippen LogP contribution >= 0.6 is 0 Å². The summed E-state index contributed by atoms with van der Waals surface area (Å²) in [6, 6.07) is 5.53. The lowest BCUT2D eigenvalue weighted by Gasteiger charge is -2.11. The molecule has 0 aliphatic rings. The third-order valence-corrected chi connectivity index (χ3v) is 2.35. The maximum absolute atomic E-state index is 11.4. The van der Waals surface area contributed by atoms with Gasteiger partial charge in [-0.3, -0.25) is 4.79 Å². The topological polar surface area (TPSA) is 47.6 Å². The molecule has 0 saturated heterocycles. The van der Waals surface area contributed by atoms with E-state index in [1.165, 1.54) is 0 Å². The van der Waals surface area contributed by atoms with E-state index in [4.69, 9.17) is 15.9 Å². The summed E-state index contributed by atoms with van der Waals surface area (Å²) in [5.41, 5.74) is 1.07. The molecule has 1 aromatic rings. The second-order valence-corrected chi connectivity index (χ2v) is 3.75. The summed E-state index contributed by atoms with van der Waals surface area (Å²) in [5.74, 6) is 3.16. The molecule has 0 unspecified atom stereocenters. The van der Waals surface area contributed by atoms with E-state index in [2.05, 4.69) is 17.8 Å². The number of ether oxygens (including phenoxy) is 2. The van der Waals surface area contributed by atoms with E-state index in [0.29, 0.717) is 11.5 Å². The summed E-state index contributed by atoms with van der Waals surface area (Å²) in [5, 5.41) is 2.52. The standard InChI is InChI=1S/C15H17NO3/c1-4-6-12-7-8-13(14(10-12)18-3)19-11-15(17)16-9-5-2/h2,4,7-8,10H,1,6,9,11H2,3H3,(H,16,17). The first kappa shape index (κ1) is 14.7. The summed E-state index contributed by atoms with van der Waals surface area (Å²) in [6.07, 6.45) is 7.60. The lowest BCUT2D eigenvalue weighted by molar-refractivity contribution is -0.122. The van der Waals surface area contributed by atoms with Crippen LogP contribution in [-0.4, -0.2) is 26.2 Å². The van der Waals surface area contributed by atoms with Crippen LogP contribution in [0, 0.1) is 12.3 Å². The summed E-state index contributed by atoms with van der Waals surface area (Å²) < 4.78 is 10.6. The van der Waals surface area contributed by atoms with Crippen LogP contribution < -0.4 is 14.8 Å². The monoisotopic (exact) mass is 259 g/mol. The van der Waals surface area contributed by atoms with Crippen LogP contribution in [-0.2, 0) is 11.2 Å². The number of rotatable bonds is 7. The Labute approximate surface area is 113 Å². The predicted molar refractivity (Wildman–Crippen MR) is 74.2 cm³/mol. The first-order chi connectivity index (χ1) is 9.21. The van der Waals surface area contributed by atoms with Gasteiger partial charge in [0.25, 0.3) is 5.91 Å². The minimum Gasteiger partial charge on any atom is -0.493 e. The zero-order valence-electron chi connectivity index (χ0n) is 10.9. The fourth-order valence-corrected chi connectivity index (χ4v) is 1.47. The molecule has 0 spiro atoms. The molecule has 0 radical (unpaired) electrons. The Morgan fingerprint density at radius 2 is 2.32 bits per heavy atom. The molecule has 1 amide bonds. The minimum absolute atomic E-state index is 0.0984. The first-order valence-corrected chi connectivity index (χ1v) is 5.82. The number of nitrogens with one attached hydrogen (secondary N) is 1. The molecule has 0 aliphatic carbocycles. The van der Waals surface area contributed by atoms with Crippen LogP contribution in [0.4, 0.5) is 0 Å². The number of carbonyl (C=O) groups is 1. The van der Waals surface area contributed by atoms with Crippen LogP contribution in [0.3, 0.4) is 0 Å². The molecule has 0 aliphatic heterocycles. The number of allylic oxidation sites excluding steroid dienone is 1. The van der Waals surface area contributed by atoms with Crippen LogP contribution in [0.1, 0.15) is 5.56 Å². The molecule has 0 aromatic heterocycles. The second kappa shape index (κ2) is 7.83. The number of methoxy groups -OCH3 is 1. The molecule has 4 heteroatoms. The van der Waals surface area contributed by atoms with Gasteiger partial charge in [-0.05, 0) is 24.1 Å². The largest absolute Gasteiger partial charge is 0.493 e. The van der Waals surface area contributed by atoms with E-state index in [1.807, 2.05) is 18.2 Å². The lowest BCUT2D eigenvalue weighted by atomic mass is 10.1. The third-order valence-electron chi connectivity index (χ3n) is 2.35. The third kappa shape index (κ3) is 4.76. The van der Waals surface area contributed by atoms with Gasteiger partial charge in [0, 0.05) is 0 Å². The number of hydrogen-bond donors (Lipinski definition) is 1. The first-order valence-electron chi connectivity index (χ1n) is 5.82. The average molecular weight is 259 g/mol. The molecule has 1 N–H and O–H groups in total. The van der Waals surface area contributed by atoms with Gasteiger partial charge in [0.2, 0.25) is 0 Å². The van der Waals surface area contributed by atoms with Crippen LogP contribution in [0.15, 0.2) is 30.9 Å². The van der Waals surface area contributed by atoms with Crippen molar-refractivity contribution in [3.05, 3.63) is 36.4 Å². The van der Waals surface area contributed by atoms with E-state index in [0.717, 1.165) is 12.0 Å². The van der Waals surface area contributed by atoms with Gasteiger partial charge in [-0.15, -0.1) is 13.0 Å². The minimum atomic E-state index is -0.268. The average Bonchev–Trinajstić information content (AvgIpc) is 2.43. The van der Waals surface area contributed by atoms with E-state index in [9.17, 15) is 4.79 Å². The van der Waals surface area contributed by atoms with E-state index < -0.39 is 0 Å². The quantitative estimate of drug-likeness (QED) is 0.597. The number of terminal acetylenes is 1. The van der Waals surface area contributed by atoms with E-state index in [-0.39, 0.29) is 19.1 Å². The molecule has 0 atom stereocenters. The molecule has 1 rings (SSSR count). The van der Waals surface area contributed by atoms with Gasteiger partial charge in [-0.25, -0.2) is 0 Å². The smallest absolute Gasteiger partial charge is 0.258 e. The van der Waals surface area contributed by atoms with Crippen LogP contribution in [0.5, 0.6) is 11.5 Å². The molecule has 1 aromatic carbocycles. The Morgan fingerprint density at radius 1 is 1.53 bits per heavy atom. The molecule has 0 saturated carbocycles. The summed E-state index contributed by atoms with van der Waals surface area (Å²) in [4.78, 5) is 11.4. The number of benzene rings is 1. The van der Waals surface area contributed by atoms with Crippen molar-refractivity contribution in [3.8, 4) is 23.8 Å². The van der Waals surface area contributed by atoms with Crippen molar-refractivity contribution in [1.29, 1.82) is 0 Å². The van der Waals surface area contributed by atoms with Crippen molar-refractivity contribution in [2.24, 2.45) is 0 Å². The second-order valence-electron chi connectivity index (χ2n) is 3.75. The Hall–Kier alpha value is -2.41. The molecule has 19 heavy (non-hydrogen) atoms. The number of amides is 1. The van der Waals surface area contributed by atoms with Crippen molar-refractivity contribution in [2.45, 2.75) is 6.42 Å². The van der Waals surface area contributed by atoms with E-state index >= 15 is 0 Å². The Kier molecular flexibility index (Phi) is 6.04. The van der Waals surface area contributed by atoms with E-state index in [1.54, 1.807) is 13.2 Å². The highest BCUT2D eigenvalue weighted by Crippen LogP contribution is 2.28. The molecule has 4 nitrogen and oxygen atoms in total. The van der Waals surface area contributed by atoms with Crippen molar-refractivity contribution < 1.29 is 14.3 Å². The predicted octanol–water partition coefficient (Wildman–Crippen LogP) is 1.55. The van der Waals surface area contributed by atoms with Gasteiger partial charge >= 0.3 is 0 Å². The highest BCUT2D eigenvalue weighted by molar-refractivity contribution is 5.77. The fourth-order valence-electron chi connectivity index (χ4n) is 1.47. The molecular formula is C15H17NO3. The Balaban J connectivity index is 2.65. The van der Waals surface area contributed by atoms with Crippen molar-refractivity contribution in [1.82, 2.24) is 5.32 Å². The summed E-state index contributed by atoms with van der Waals surface area (Å²) in [7, 11) is 1.55. The SMILES string of the molecule is C#CCNC(=O)COc1ccc(CC=C)cc1OC. The molecular weight excluding hydrogens is 242 g/mol. The molecule has 0 heterocycles. The molecule has 0 bridgehead atoms. The van der Waals surface area contributed by atoms with Gasteiger partial charge < -0.3 is 14.8 Å². The number of carbonyl (C=O) groups excluding carboxylic acids is 1. The van der Waals surface area contributed by atoms with Crippen molar-refractivity contribution in [3.63, 3.8) is 0 Å². The van der Waals surface area contributed by atoms with Crippen LogP contribution in [0.25, 0.3) is 0 Å². The van der Waals surface area contributed by atoms with Gasteiger partial charge in [-0.2, -0.15) is 0 Å². The van der Waals surface area contributed by atoms with Crippen LogP contribution in [0.2, 0.25) is 0 Å². The maximum Gasteiger partial charge on any atom is 0.258 e. The van der Waals surface area contributed by atoms with Crippen molar-refractivity contribution in [2.75, 3.05) is 20.3 Å². The highest BCUT2D eigenvalue weighted by atomic mass is 16.5. The highest BCUT2D eigenvalue weighted by Gasteiger charge is 2.07. The van der Waals surface area contributed by atoms with Crippen molar-refractivity contribution >= 4 is 5.91 Å². The summed E-state index contributed by atoms with van der Waals surface area (Å²) >= 11 is 0. The lowest BCUT2D eigenvalue weighted by Crippen LogP contribution is -2.29. The molecule has 0 fully saturated rings. The van der Waals surface area contributed by atoms with Gasteiger partial charge in [0.05, 0.1) is 13.7 Å².